The number of fused-ring (bicyclic) bond motifs is 1. The Morgan fingerprint density at radius 2 is 1.63 bits per heavy atom. The van der Waals surface area contributed by atoms with Crippen LogP contribution in [0.15, 0.2) is 48.5 Å². The third kappa shape index (κ3) is 3.87. The minimum Gasteiger partial charge on any atom is -0.480 e. The van der Waals surface area contributed by atoms with Gasteiger partial charge in [-0.25, -0.2) is 4.79 Å². The molecule has 2 aromatic carbocycles. The van der Waals surface area contributed by atoms with Crippen molar-refractivity contribution in [3.63, 3.8) is 0 Å². The minimum absolute atomic E-state index is 0.215. The normalized spacial score (nSPS) is 20.1. The number of carbonyl (C=O) groups excluding carboxylic acids is 1. The fraction of sp³-hybridized carbons (Fsp3) is 0.333. The number of rotatable bonds is 3. The lowest BCUT2D eigenvalue weighted by molar-refractivity contribution is -0.142. The molecule has 1 fully saturated rings. The summed E-state index contributed by atoms with van der Waals surface area (Å²) < 4.78 is 0.427. The first-order valence-electron chi connectivity index (χ1n) is 9.07. The number of carboxylic acids is 1. The molecule has 1 amide bonds. The van der Waals surface area contributed by atoms with Gasteiger partial charge >= 0.3 is 5.97 Å². The van der Waals surface area contributed by atoms with E-state index in [0.717, 1.165) is 11.1 Å². The number of hydrogen-bond acceptors (Lipinski definition) is 4. The Labute approximate surface area is 167 Å². The molecule has 4 rings (SSSR count). The largest absolute Gasteiger partial charge is 0.480 e. The SMILES string of the molecule is O=C(O)C1Cc2ccccc2CN1C(=O)c1ccc(C2SCCCS2)cc1. The summed E-state index contributed by atoms with van der Waals surface area (Å²) >= 11 is 3.89. The molecule has 0 aliphatic carbocycles. The topological polar surface area (TPSA) is 57.6 Å². The van der Waals surface area contributed by atoms with E-state index in [9.17, 15) is 14.7 Å². The van der Waals surface area contributed by atoms with Crippen molar-refractivity contribution in [2.75, 3.05) is 11.5 Å². The van der Waals surface area contributed by atoms with Crippen molar-refractivity contribution < 1.29 is 14.7 Å². The zero-order valence-electron chi connectivity index (χ0n) is 14.8. The second-order valence-electron chi connectivity index (χ2n) is 6.81. The highest BCUT2D eigenvalue weighted by Crippen LogP contribution is 2.43. The quantitative estimate of drug-likeness (QED) is 0.838. The van der Waals surface area contributed by atoms with Crippen molar-refractivity contribution in [1.29, 1.82) is 0 Å². The molecule has 1 atom stereocenters. The van der Waals surface area contributed by atoms with Crippen molar-refractivity contribution in [2.24, 2.45) is 0 Å². The molecule has 6 heteroatoms. The van der Waals surface area contributed by atoms with Crippen LogP contribution in [0.2, 0.25) is 0 Å². The molecule has 0 spiro atoms. The fourth-order valence-electron chi connectivity index (χ4n) is 3.59. The van der Waals surface area contributed by atoms with Gasteiger partial charge in [-0.1, -0.05) is 36.4 Å². The van der Waals surface area contributed by atoms with Gasteiger partial charge in [0.05, 0.1) is 4.58 Å². The van der Waals surface area contributed by atoms with Crippen LogP contribution in [0.25, 0.3) is 0 Å². The number of thioether (sulfide) groups is 2. The van der Waals surface area contributed by atoms with E-state index in [2.05, 4.69) is 0 Å². The van der Waals surface area contributed by atoms with Crippen molar-refractivity contribution in [3.05, 3.63) is 70.8 Å². The first kappa shape index (κ1) is 18.4. The highest BCUT2D eigenvalue weighted by Gasteiger charge is 2.35. The number of aliphatic carboxylic acids is 1. The fourth-order valence-corrected chi connectivity index (χ4v) is 6.48. The van der Waals surface area contributed by atoms with Gasteiger partial charge in [0, 0.05) is 18.5 Å². The number of carbonyl (C=O) groups is 2. The third-order valence-corrected chi connectivity index (χ3v) is 8.07. The summed E-state index contributed by atoms with van der Waals surface area (Å²) in [5.41, 5.74) is 3.81. The van der Waals surface area contributed by atoms with Gasteiger partial charge < -0.3 is 10.0 Å². The maximum atomic E-state index is 13.1. The van der Waals surface area contributed by atoms with Gasteiger partial charge in [0.25, 0.3) is 5.91 Å². The highest BCUT2D eigenvalue weighted by atomic mass is 32.2. The van der Waals surface area contributed by atoms with Crippen LogP contribution in [-0.2, 0) is 17.8 Å². The molecule has 0 bridgehead atoms. The van der Waals surface area contributed by atoms with Crippen molar-refractivity contribution in [3.8, 4) is 0 Å². The summed E-state index contributed by atoms with van der Waals surface area (Å²) in [4.78, 5) is 26.3. The lowest BCUT2D eigenvalue weighted by Gasteiger charge is -2.34. The monoisotopic (exact) mass is 399 g/mol. The van der Waals surface area contributed by atoms with Crippen LogP contribution >= 0.6 is 23.5 Å². The zero-order valence-corrected chi connectivity index (χ0v) is 16.5. The van der Waals surface area contributed by atoms with Gasteiger partial charge in [-0.3, -0.25) is 4.79 Å². The summed E-state index contributed by atoms with van der Waals surface area (Å²) in [5, 5.41) is 9.64. The van der Waals surface area contributed by atoms with Crippen LogP contribution in [0, 0.1) is 0 Å². The van der Waals surface area contributed by atoms with Gasteiger partial charge in [-0.05, 0) is 46.7 Å². The van der Waals surface area contributed by atoms with Gasteiger partial charge in [0.1, 0.15) is 6.04 Å². The van der Waals surface area contributed by atoms with Crippen LogP contribution in [0.1, 0.15) is 38.1 Å². The van der Waals surface area contributed by atoms with E-state index in [1.165, 1.54) is 28.4 Å². The lowest BCUT2D eigenvalue weighted by atomic mass is 9.93. The summed E-state index contributed by atoms with van der Waals surface area (Å²) in [7, 11) is 0. The molecule has 27 heavy (non-hydrogen) atoms. The summed E-state index contributed by atoms with van der Waals surface area (Å²) in [5.74, 6) is 1.18. The Bertz CT molecular complexity index is 847. The van der Waals surface area contributed by atoms with Crippen LogP contribution in [0.5, 0.6) is 0 Å². The number of benzene rings is 2. The average molecular weight is 400 g/mol. The average Bonchev–Trinajstić information content (AvgIpc) is 2.73. The van der Waals surface area contributed by atoms with Crippen LogP contribution in [0.4, 0.5) is 0 Å². The molecule has 1 unspecified atom stereocenters. The molecule has 2 aliphatic heterocycles. The Morgan fingerprint density at radius 3 is 2.30 bits per heavy atom. The number of hydrogen-bond donors (Lipinski definition) is 1. The van der Waals surface area contributed by atoms with Crippen LogP contribution in [0.3, 0.4) is 0 Å². The number of amides is 1. The first-order chi connectivity index (χ1) is 13.1. The predicted molar refractivity (Wildman–Crippen MR) is 110 cm³/mol. The van der Waals surface area contributed by atoms with Gasteiger partial charge in [-0.15, -0.1) is 23.5 Å². The maximum absolute atomic E-state index is 13.1. The Morgan fingerprint density at radius 1 is 0.963 bits per heavy atom. The van der Waals surface area contributed by atoms with E-state index in [1.807, 2.05) is 72.1 Å². The smallest absolute Gasteiger partial charge is 0.326 e. The van der Waals surface area contributed by atoms with E-state index in [4.69, 9.17) is 0 Å². The summed E-state index contributed by atoms with van der Waals surface area (Å²) in [6.45, 7) is 0.335. The van der Waals surface area contributed by atoms with Gasteiger partial charge in [0.2, 0.25) is 0 Å². The number of nitrogens with zero attached hydrogens (tertiary/aromatic N) is 1. The standard InChI is InChI=1S/C21H21NO3S2/c23-19(14-6-8-15(9-7-14)21-26-10-3-11-27-21)22-13-17-5-2-1-4-16(17)12-18(22)20(24)25/h1-2,4-9,18,21H,3,10-13H2,(H,24,25). The second-order valence-corrected chi connectivity index (χ2v) is 9.53. The van der Waals surface area contributed by atoms with E-state index in [1.54, 1.807) is 0 Å². The Hall–Kier alpha value is -1.92. The van der Waals surface area contributed by atoms with Crippen molar-refractivity contribution >= 4 is 35.4 Å². The predicted octanol–water partition coefficient (Wildman–Crippen LogP) is 4.21. The van der Waals surface area contributed by atoms with Crippen LogP contribution < -0.4 is 0 Å². The Balaban J connectivity index is 1.56. The number of carboxylic acid groups (broad SMARTS) is 1. The molecule has 0 radical (unpaired) electrons. The van der Waals surface area contributed by atoms with Gasteiger partial charge in [-0.2, -0.15) is 0 Å². The summed E-state index contributed by atoms with van der Waals surface area (Å²) in [6, 6.07) is 14.6. The molecule has 4 nitrogen and oxygen atoms in total. The lowest BCUT2D eigenvalue weighted by Crippen LogP contribution is -2.48. The van der Waals surface area contributed by atoms with E-state index < -0.39 is 12.0 Å². The van der Waals surface area contributed by atoms with Crippen LogP contribution in [-0.4, -0.2) is 39.4 Å². The van der Waals surface area contributed by atoms with Gasteiger partial charge in [0.15, 0.2) is 0 Å². The molecule has 0 saturated carbocycles. The zero-order chi connectivity index (χ0) is 18.8. The first-order valence-corrected chi connectivity index (χ1v) is 11.2. The maximum Gasteiger partial charge on any atom is 0.326 e. The van der Waals surface area contributed by atoms with E-state index >= 15 is 0 Å². The molecular weight excluding hydrogens is 378 g/mol. The molecular formula is C21H21NO3S2. The summed E-state index contributed by atoms with van der Waals surface area (Å²) in [6.07, 6.45) is 1.60. The molecule has 2 aromatic rings. The van der Waals surface area contributed by atoms with E-state index in [-0.39, 0.29) is 5.91 Å². The molecule has 2 heterocycles. The molecule has 140 valence electrons. The van der Waals surface area contributed by atoms with E-state index in [0.29, 0.717) is 23.1 Å². The molecule has 1 N–H and O–H groups in total. The van der Waals surface area contributed by atoms with Crippen molar-refractivity contribution in [1.82, 2.24) is 4.90 Å². The molecule has 0 aromatic heterocycles. The van der Waals surface area contributed by atoms with Crippen molar-refractivity contribution in [2.45, 2.75) is 30.0 Å². The highest BCUT2D eigenvalue weighted by molar-refractivity contribution is 8.16. The second kappa shape index (κ2) is 7.98. The molecule has 2 aliphatic rings. The minimum atomic E-state index is -0.954. The third-order valence-electron chi connectivity index (χ3n) is 5.05. The Kier molecular flexibility index (Phi) is 5.45. The molecule has 1 saturated heterocycles.